The molecule has 0 saturated carbocycles. The zero-order chi connectivity index (χ0) is 11.9. The molecule has 0 amide bonds. The van der Waals surface area contributed by atoms with E-state index in [0.717, 1.165) is 6.42 Å². The van der Waals surface area contributed by atoms with Crippen molar-refractivity contribution < 1.29 is 19.1 Å². The molecule has 0 unspecified atom stereocenters. The van der Waals surface area contributed by atoms with Crippen LogP contribution in [0.2, 0.25) is 0 Å². The zero-order valence-electron chi connectivity index (χ0n) is 9.80. The van der Waals surface area contributed by atoms with Gasteiger partial charge < -0.3 is 9.47 Å². The van der Waals surface area contributed by atoms with Crippen molar-refractivity contribution in [3.05, 3.63) is 0 Å². The van der Waals surface area contributed by atoms with E-state index in [0.29, 0.717) is 6.42 Å². The van der Waals surface area contributed by atoms with Crippen LogP contribution in [-0.4, -0.2) is 56.1 Å². The van der Waals surface area contributed by atoms with Gasteiger partial charge in [-0.05, 0) is 13.5 Å². The number of Topliss-reactive ketones (excluding diaryl/α,β-unsaturated/α-hetero) is 1. The van der Waals surface area contributed by atoms with E-state index in [1.165, 1.54) is 7.11 Å². The second-order valence-electron chi connectivity index (χ2n) is 4.48. The SMILES string of the molecule is COC(=O)[C@@H]1C(=O)C[C@H]2[C@H](OC)C[C@@H]1N2C. The van der Waals surface area contributed by atoms with Crippen molar-refractivity contribution in [2.45, 2.75) is 31.0 Å². The molecule has 5 heteroatoms. The Morgan fingerprint density at radius 3 is 2.62 bits per heavy atom. The van der Waals surface area contributed by atoms with E-state index >= 15 is 0 Å². The number of ketones is 1. The van der Waals surface area contributed by atoms with Crippen LogP contribution < -0.4 is 0 Å². The molecule has 2 saturated heterocycles. The first kappa shape index (κ1) is 11.5. The summed E-state index contributed by atoms with van der Waals surface area (Å²) in [5, 5.41) is 0. The van der Waals surface area contributed by atoms with E-state index in [2.05, 4.69) is 4.90 Å². The minimum absolute atomic E-state index is 0.0144. The molecule has 2 fully saturated rings. The zero-order valence-corrected chi connectivity index (χ0v) is 9.80. The lowest BCUT2D eigenvalue weighted by atomic mass is 9.89. The number of likely N-dealkylation sites (N-methyl/N-ethyl adjacent to an activating group) is 1. The van der Waals surface area contributed by atoms with E-state index < -0.39 is 11.9 Å². The molecule has 0 aromatic heterocycles. The molecule has 2 aliphatic rings. The molecule has 4 atom stereocenters. The van der Waals surface area contributed by atoms with Gasteiger partial charge in [-0.2, -0.15) is 0 Å². The van der Waals surface area contributed by atoms with Crippen LogP contribution >= 0.6 is 0 Å². The van der Waals surface area contributed by atoms with Crippen molar-refractivity contribution in [1.29, 1.82) is 0 Å². The molecule has 0 aromatic carbocycles. The number of hydrogen-bond donors (Lipinski definition) is 0. The fourth-order valence-electron chi connectivity index (χ4n) is 2.93. The van der Waals surface area contributed by atoms with Crippen molar-refractivity contribution in [3.63, 3.8) is 0 Å². The number of carbonyl (C=O) groups is 2. The van der Waals surface area contributed by atoms with Gasteiger partial charge in [-0.25, -0.2) is 0 Å². The second-order valence-corrected chi connectivity index (χ2v) is 4.48. The smallest absolute Gasteiger partial charge is 0.317 e. The summed E-state index contributed by atoms with van der Waals surface area (Å²) in [5.41, 5.74) is 0. The van der Waals surface area contributed by atoms with Gasteiger partial charge in [-0.15, -0.1) is 0 Å². The summed E-state index contributed by atoms with van der Waals surface area (Å²) in [5.74, 6) is -1.07. The third-order valence-electron chi connectivity index (χ3n) is 3.85. The molecule has 2 heterocycles. The van der Waals surface area contributed by atoms with Gasteiger partial charge in [0.15, 0.2) is 0 Å². The maximum absolute atomic E-state index is 11.9. The average Bonchev–Trinajstić information content (AvgIpc) is 2.48. The van der Waals surface area contributed by atoms with Crippen LogP contribution in [0.1, 0.15) is 12.8 Å². The van der Waals surface area contributed by atoms with Gasteiger partial charge in [0.05, 0.1) is 13.2 Å². The maximum atomic E-state index is 11.9. The predicted octanol–water partition coefficient (Wildman–Crippen LogP) is -0.164. The Kier molecular flexibility index (Phi) is 2.99. The van der Waals surface area contributed by atoms with Crippen LogP contribution in [0.4, 0.5) is 0 Å². The number of nitrogens with zero attached hydrogens (tertiary/aromatic N) is 1. The normalized spacial score (nSPS) is 38.8. The average molecular weight is 227 g/mol. The minimum Gasteiger partial charge on any atom is -0.468 e. The lowest BCUT2D eigenvalue weighted by molar-refractivity contribution is -0.154. The van der Waals surface area contributed by atoms with Gasteiger partial charge in [0, 0.05) is 25.6 Å². The summed E-state index contributed by atoms with van der Waals surface area (Å²) in [6, 6.07) is 0.0482. The monoisotopic (exact) mass is 227 g/mol. The summed E-state index contributed by atoms with van der Waals surface area (Å²) in [7, 11) is 4.91. The van der Waals surface area contributed by atoms with E-state index in [9.17, 15) is 9.59 Å². The predicted molar refractivity (Wildman–Crippen MR) is 55.9 cm³/mol. The quantitative estimate of drug-likeness (QED) is 0.484. The molecule has 0 N–H and O–H groups in total. The number of rotatable bonds is 2. The van der Waals surface area contributed by atoms with Gasteiger partial charge in [0.2, 0.25) is 0 Å². The molecule has 0 radical (unpaired) electrons. The van der Waals surface area contributed by atoms with Crippen molar-refractivity contribution in [1.82, 2.24) is 4.90 Å². The molecule has 5 nitrogen and oxygen atoms in total. The number of piperidine rings is 1. The number of carbonyl (C=O) groups excluding carboxylic acids is 2. The van der Waals surface area contributed by atoms with Gasteiger partial charge in [0.25, 0.3) is 0 Å². The molecule has 0 aromatic rings. The van der Waals surface area contributed by atoms with Crippen LogP contribution in [0.5, 0.6) is 0 Å². The summed E-state index contributed by atoms with van der Waals surface area (Å²) in [6.07, 6.45) is 1.16. The van der Waals surface area contributed by atoms with Crippen LogP contribution in [0.3, 0.4) is 0 Å². The van der Waals surface area contributed by atoms with E-state index in [4.69, 9.17) is 9.47 Å². The Hall–Kier alpha value is -0.940. The third kappa shape index (κ3) is 1.55. The third-order valence-corrected chi connectivity index (χ3v) is 3.85. The summed E-state index contributed by atoms with van der Waals surface area (Å²) in [6.45, 7) is 0. The standard InChI is InChI=1S/C11H17NO4/c1-12-6-4-8(13)10(11(14)16-3)7(12)5-9(6)15-2/h6-7,9-10H,4-5H2,1-3H3/t6-,7-,9+,10-/m0/s1. The van der Waals surface area contributed by atoms with Crippen LogP contribution in [0.25, 0.3) is 0 Å². The molecule has 2 rings (SSSR count). The summed E-state index contributed by atoms with van der Waals surface area (Å²) in [4.78, 5) is 25.6. The van der Waals surface area contributed by atoms with Crippen LogP contribution in [0, 0.1) is 5.92 Å². The molecule has 2 bridgehead atoms. The van der Waals surface area contributed by atoms with Crippen molar-refractivity contribution in [2.24, 2.45) is 5.92 Å². The molecule has 2 aliphatic heterocycles. The Labute approximate surface area is 94.7 Å². The molecule has 16 heavy (non-hydrogen) atoms. The maximum Gasteiger partial charge on any atom is 0.317 e. The van der Waals surface area contributed by atoms with Crippen molar-refractivity contribution in [2.75, 3.05) is 21.3 Å². The summed E-state index contributed by atoms with van der Waals surface area (Å²) < 4.78 is 10.1. The Morgan fingerprint density at radius 2 is 2.06 bits per heavy atom. The van der Waals surface area contributed by atoms with Gasteiger partial charge in [-0.3, -0.25) is 14.5 Å². The summed E-state index contributed by atoms with van der Waals surface area (Å²) >= 11 is 0. The molecule has 90 valence electrons. The Balaban J connectivity index is 2.24. The first-order valence-electron chi connectivity index (χ1n) is 5.45. The minimum atomic E-state index is -0.633. The molecule has 0 spiro atoms. The van der Waals surface area contributed by atoms with Crippen molar-refractivity contribution in [3.8, 4) is 0 Å². The van der Waals surface area contributed by atoms with E-state index in [1.54, 1.807) is 7.11 Å². The second kappa shape index (κ2) is 4.14. The van der Waals surface area contributed by atoms with Gasteiger partial charge in [-0.1, -0.05) is 0 Å². The highest BCUT2D eigenvalue weighted by Crippen LogP contribution is 2.37. The highest BCUT2D eigenvalue weighted by Gasteiger charge is 2.53. The van der Waals surface area contributed by atoms with Gasteiger partial charge >= 0.3 is 5.97 Å². The molecular weight excluding hydrogens is 210 g/mol. The topological polar surface area (TPSA) is 55.8 Å². The first-order chi connectivity index (χ1) is 7.60. The van der Waals surface area contributed by atoms with E-state index in [-0.39, 0.29) is 24.0 Å². The van der Waals surface area contributed by atoms with Gasteiger partial charge in [0.1, 0.15) is 11.7 Å². The Bertz CT molecular complexity index is 317. The fourth-order valence-corrected chi connectivity index (χ4v) is 2.93. The first-order valence-corrected chi connectivity index (χ1v) is 5.45. The number of fused-ring (bicyclic) bond motifs is 2. The number of hydrogen-bond acceptors (Lipinski definition) is 5. The molecular formula is C11H17NO4. The number of esters is 1. The largest absolute Gasteiger partial charge is 0.468 e. The van der Waals surface area contributed by atoms with Crippen molar-refractivity contribution >= 4 is 11.8 Å². The van der Waals surface area contributed by atoms with Crippen LogP contribution in [0.15, 0.2) is 0 Å². The highest BCUT2D eigenvalue weighted by atomic mass is 16.5. The molecule has 0 aliphatic carbocycles. The highest BCUT2D eigenvalue weighted by molar-refractivity contribution is 6.01. The fraction of sp³-hybridized carbons (Fsp3) is 0.818. The van der Waals surface area contributed by atoms with E-state index in [1.807, 2.05) is 7.05 Å². The number of ether oxygens (including phenoxy) is 2. The number of methoxy groups -OCH3 is 2. The Morgan fingerprint density at radius 1 is 1.38 bits per heavy atom. The lowest BCUT2D eigenvalue weighted by Crippen LogP contribution is -2.51. The van der Waals surface area contributed by atoms with Crippen LogP contribution in [-0.2, 0) is 19.1 Å². The lowest BCUT2D eigenvalue weighted by Gasteiger charge is -2.35.